The number of rotatable bonds is 4. The second-order valence-electron chi connectivity index (χ2n) is 9.94. The molecular weight excluding hydrogens is 445 g/mol. The van der Waals surface area contributed by atoms with E-state index in [1.54, 1.807) is 18.3 Å². The molecular formula is C28H32FN3O3. The summed E-state index contributed by atoms with van der Waals surface area (Å²) in [4.78, 5) is 31.5. The highest BCUT2D eigenvalue weighted by molar-refractivity contribution is 5.76. The maximum atomic E-state index is 14.1. The second kappa shape index (κ2) is 9.80. The molecule has 7 heteroatoms. The van der Waals surface area contributed by atoms with Gasteiger partial charge in [0.05, 0.1) is 11.6 Å². The van der Waals surface area contributed by atoms with Gasteiger partial charge in [-0.2, -0.15) is 0 Å². The van der Waals surface area contributed by atoms with Crippen molar-refractivity contribution < 1.29 is 18.7 Å². The molecule has 3 fully saturated rings. The van der Waals surface area contributed by atoms with Crippen LogP contribution in [0, 0.1) is 35.4 Å². The number of urea groups is 1. The molecule has 1 aromatic carbocycles. The van der Waals surface area contributed by atoms with E-state index in [2.05, 4.69) is 16.4 Å². The van der Waals surface area contributed by atoms with Crippen LogP contribution in [-0.4, -0.2) is 47.6 Å². The molecule has 2 aliphatic heterocycles. The first kappa shape index (κ1) is 23.5. The SMILES string of the molecule is CCNC(=O)N1CCC2C(CC3C(=O)O[C@H](C)C3C2/C=C/c2ccc(-c3ccccc3F)cn2)C1. The van der Waals surface area contributed by atoms with Crippen molar-refractivity contribution in [3.8, 4) is 11.1 Å². The Morgan fingerprint density at radius 3 is 2.86 bits per heavy atom. The van der Waals surface area contributed by atoms with Crippen molar-refractivity contribution in [3.63, 3.8) is 0 Å². The van der Waals surface area contributed by atoms with Crippen LogP contribution in [0.2, 0.25) is 0 Å². The van der Waals surface area contributed by atoms with Crippen LogP contribution in [0.4, 0.5) is 9.18 Å². The van der Waals surface area contributed by atoms with Crippen LogP contribution in [0.25, 0.3) is 17.2 Å². The van der Waals surface area contributed by atoms with Gasteiger partial charge in [0, 0.05) is 42.9 Å². The van der Waals surface area contributed by atoms with Gasteiger partial charge in [-0.1, -0.05) is 30.3 Å². The lowest BCUT2D eigenvalue weighted by molar-refractivity contribution is -0.144. The predicted molar refractivity (Wildman–Crippen MR) is 132 cm³/mol. The maximum absolute atomic E-state index is 14.1. The Morgan fingerprint density at radius 2 is 2.11 bits per heavy atom. The first-order valence-electron chi connectivity index (χ1n) is 12.6. The third-order valence-electron chi connectivity index (χ3n) is 7.98. The average Bonchev–Trinajstić information content (AvgIpc) is 3.15. The van der Waals surface area contributed by atoms with Crippen LogP contribution < -0.4 is 5.32 Å². The third kappa shape index (κ3) is 4.56. The van der Waals surface area contributed by atoms with Crippen LogP contribution in [0.1, 0.15) is 32.4 Å². The van der Waals surface area contributed by atoms with E-state index >= 15 is 0 Å². The van der Waals surface area contributed by atoms with E-state index in [4.69, 9.17) is 4.74 Å². The van der Waals surface area contributed by atoms with Gasteiger partial charge in [0.1, 0.15) is 11.9 Å². The highest BCUT2D eigenvalue weighted by atomic mass is 19.1. The Labute approximate surface area is 205 Å². The molecule has 3 heterocycles. The minimum absolute atomic E-state index is 0.0262. The molecule has 5 rings (SSSR count). The number of esters is 1. The number of ether oxygens (including phenoxy) is 1. The van der Waals surface area contributed by atoms with Crippen molar-refractivity contribution in [3.05, 3.63) is 60.2 Å². The zero-order valence-electron chi connectivity index (χ0n) is 20.2. The first-order valence-corrected chi connectivity index (χ1v) is 12.6. The van der Waals surface area contributed by atoms with Gasteiger partial charge in [0.15, 0.2) is 0 Å². The number of nitrogens with zero attached hydrogens (tertiary/aromatic N) is 2. The maximum Gasteiger partial charge on any atom is 0.317 e. The Bertz CT molecular complexity index is 1120. The number of likely N-dealkylation sites (tertiary alicyclic amines) is 1. The number of cyclic esters (lactones) is 1. The Kier molecular flexibility index (Phi) is 6.58. The number of piperidine rings is 1. The van der Waals surface area contributed by atoms with Gasteiger partial charge in [-0.3, -0.25) is 9.78 Å². The Hall–Kier alpha value is -3.22. The zero-order valence-corrected chi connectivity index (χ0v) is 20.2. The predicted octanol–water partition coefficient (Wildman–Crippen LogP) is 4.77. The lowest BCUT2D eigenvalue weighted by atomic mass is 9.59. The van der Waals surface area contributed by atoms with Crippen molar-refractivity contribution in [2.24, 2.45) is 29.6 Å². The summed E-state index contributed by atoms with van der Waals surface area (Å²) in [6.45, 7) is 5.90. The lowest BCUT2D eigenvalue weighted by Crippen LogP contribution is -2.53. The molecule has 0 radical (unpaired) electrons. The van der Waals surface area contributed by atoms with Crippen LogP contribution in [0.5, 0.6) is 0 Å². The van der Waals surface area contributed by atoms with Gasteiger partial charge in [-0.15, -0.1) is 0 Å². The molecule has 2 aromatic rings. The summed E-state index contributed by atoms with van der Waals surface area (Å²) in [7, 11) is 0. The second-order valence-corrected chi connectivity index (χ2v) is 9.94. The van der Waals surface area contributed by atoms with E-state index in [0.717, 1.165) is 24.1 Å². The molecule has 1 N–H and O–H groups in total. The van der Waals surface area contributed by atoms with E-state index in [1.165, 1.54) is 6.07 Å². The topological polar surface area (TPSA) is 71.5 Å². The van der Waals surface area contributed by atoms with Gasteiger partial charge in [-0.25, -0.2) is 9.18 Å². The molecule has 5 unspecified atom stereocenters. The number of hydrogen-bond acceptors (Lipinski definition) is 4. The molecule has 6 atom stereocenters. The summed E-state index contributed by atoms with van der Waals surface area (Å²) in [5.41, 5.74) is 2.06. The number of halogens is 1. The summed E-state index contributed by atoms with van der Waals surface area (Å²) in [5.74, 6) is 0.437. The molecule has 1 aliphatic carbocycles. The van der Waals surface area contributed by atoms with Crippen molar-refractivity contribution in [2.45, 2.75) is 32.8 Å². The van der Waals surface area contributed by atoms with Crippen LogP contribution in [0.15, 0.2) is 48.7 Å². The molecule has 2 amide bonds. The van der Waals surface area contributed by atoms with E-state index in [-0.39, 0.29) is 47.6 Å². The molecule has 184 valence electrons. The summed E-state index contributed by atoms with van der Waals surface area (Å²) >= 11 is 0. The minimum atomic E-state index is -0.268. The summed E-state index contributed by atoms with van der Waals surface area (Å²) < 4.78 is 19.8. The van der Waals surface area contributed by atoms with Crippen molar-refractivity contribution in [1.29, 1.82) is 0 Å². The molecule has 1 aromatic heterocycles. The van der Waals surface area contributed by atoms with Crippen LogP contribution in [0.3, 0.4) is 0 Å². The van der Waals surface area contributed by atoms with Crippen molar-refractivity contribution >= 4 is 18.1 Å². The number of benzene rings is 1. The number of hydrogen-bond donors (Lipinski definition) is 1. The highest BCUT2D eigenvalue weighted by Gasteiger charge is 2.54. The van der Waals surface area contributed by atoms with Crippen molar-refractivity contribution in [1.82, 2.24) is 15.2 Å². The van der Waals surface area contributed by atoms with Crippen LogP contribution >= 0.6 is 0 Å². The number of pyridine rings is 1. The van der Waals surface area contributed by atoms with Gasteiger partial charge in [0.2, 0.25) is 0 Å². The number of nitrogens with one attached hydrogen (secondary N) is 1. The number of amides is 2. The lowest BCUT2D eigenvalue weighted by Gasteiger charge is -2.48. The normalized spacial score (nSPS) is 30.0. The van der Waals surface area contributed by atoms with Gasteiger partial charge < -0.3 is 15.0 Å². The van der Waals surface area contributed by atoms with E-state index in [0.29, 0.717) is 31.1 Å². The minimum Gasteiger partial charge on any atom is -0.462 e. The molecule has 6 nitrogen and oxygen atoms in total. The largest absolute Gasteiger partial charge is 0.462 e. The molecule has 0 bridgehead atoms. The summed E-state index contributed by atoms with van der Waals surface area (Å²) in [6, 6.07) is 10.4. The number of allylic oxidation sites excluding steroid dienone is 1. The van der Waals surface area contributed by atoms with Gasteiger partial charge in [-0.05, 0) is 62.7 Å². The molecule has 2 saturated heterocycles. The van der Waals surface area contributed by atoms with E-state index < -0.39 is 0 Å². The fourth-order valence-electron chi connectivity index (χ4n) is 6.37. The first-order chi connectivity index (χ1) is 17.0. The van der Waals surface area contributed by atoms with E-state index in [1.807, 2.05) is 43.0 Å². The number of carbonyl (C=O) groups excluding carboxylic acids is 2. The molecule has 3 aliphatic rings. The Morgan fingerprint density at radius 1 is 1.29 bits per heavy atom. The third-order valence-corrected chi connectivity index (χ3v) is 7.98. The fraction of sp³-hybridized carbons (Fsp3) is 0.464. The average molecular weight is 478 g/mol. The summed E-state index contributed by atoms with van der Waals surface area (Å²) in [6.07, 6.45) is 7.46. The Balaban J connectivity index is 1.37. The number of fused-ring (bicyclic) bond motifs is 2. The monoisotopic (exact) mass is 477 g/mol. The van der Waals surface area contributed by atoms with E-state index in [9.17, 15) is 14.0 Å². The molecule has 1 saturated carbocycles. The van der Waals surface area contributed by atoms with Crippen molar-refractivity contribution in [2.75, 3.05) is 19.6 Å². The smallest absolute Gasteiger partial charge is 0.317 e. The van der Waals surface area contributed by atoms with Crippen LogP contribution in [-0.2, 0) is 9.53 Å². The molecule has 35 heavy (non-hydrogen) atoms. The van der Waals surface area contributed by atoms with Gasteiger partial charge >= 0.3 is 12.0 Å². The zero-order chi connectivity index (χ0) is 24.5. The number of aromatic nitrogens is 1. The molecule has 0 spiro atoms. The highest BCUT2D eigenvalue weighted by Crippen LogP contribution is 2.51. The number of carbonyl (C=O) groups is 2. The quantitative estimate of drug-likeness (QED) is 0.644. The fourth-order valence-corrected chi connectivity index (χ4v) is 6.37. The summed E-state index contributed by atoms with van der Waals surface area (Å²) in [5, 5.41) is 2.90. The standard InChI is InChI=1S/C28H32FN3O3/c1-3-30-28(34)32-13-12-21-19(16-32)14-24-26(17(2)35-27(24)33)23(21)11-10-20-9-8-18(15-31-20)22-6-4-5-7-25(22)29/h4-11,15,17,19,21,23-24,26H,3,12-14,16H2,1-2H3,(H,30,34)/b11-10+/t17-,19?,21?,23?,24?,26?/m1/s1. The van der Waals surface area contributed by atoms with Gasteiger partial charge in [0.25, 0.3) is 0 Å².